The number of hydrogen-bond donors (Lipinski definition) is 2. The van der Waals surface area contributed by atoms with Crippen LogP contribution in [-0.4, -0.2) is 31.2 Å². The second-order valence-electron chi connectivity index (χ2n) is 8.32. The molecule has 2 heterocycles. The van der Waals surface area contributed by atoms with Crippen LogP contribution in [0.4, 0.5) is 27.9 Å². The van der Waals surface area contributed by atoms with E-state index in [1.54, 1.807) is 25.4 Å². The van der Waals surface area contributed by atoms with E-state index in [4.69, 9.17) is 17.4 Å². The van der Waals surface area contributed by atoms with Crippen LogP contribution in [0.25, 0.3) is 0 Å². The van der Waals surface area contributed by atoms with Crippen LogP contribution in [0.3, 0.4) is 0 Å². The molecular formula is C23H19ClF5N7O2S. The Hall–Kier alpha value is -3.82. The molecule has 0 radical (unpaired) electrons. The summed E-state index contributed by atoms with van der Waals surface area (Å²) in [5.41, 5.74) is -1.67. The second-order valence-corrected chi connectivity index (χ2v) is 9.61. The van der Waals surface area contributed by atoms with E-state index in [1.807, 2.05) is 0 Å². The lowest BCUT2D eigenvalue weighted by Crippen LogP contribution is -2.43. The SMILES string of the molecule is CN(N)/C=C1/C=C(Nc2nc(=O)n(Cc3csc(C(F)F)n3)c(=O)n2Cc2cc(F)c(F)cc2F)C(Cl)=CC1. The van der Waals surface area contributed by atoms with Crippen LogP contribution in [0, 0.1) is 17.5 Å². The Bertz CT molecular complexity index is 1630. The van der Waals surface area contributed by atoms with E-state index in [0.29, 0.717) is 40.0 Å². The molecule has 0 fully saturated rings. The molecule has 4 rings (SSSR count). The quantitative estimate of drug-likeness (QED) is 0.178. The summed E-state index contributed by atoms with van der Waals surface area (Å²) in [7, 11) is 1.59. The van der Waals surface area contributed by atoms with Gasteiger partial charge < -0.3 is 10.3 Å². The van der Waals surface area contributed by atoms with Crippen LogP contribution in [0.5, 0.6) is 0 Å². The van der Waals surface area contributed by atoms with Gasteiger partial charge in [0.2, 0.25) is 5.95 Å². The highest BCUT2D eigenvalue weighted by molar-refractivity contribution is 7.09. The zero-order valence-corrected chi connectivity index (χ0v) is 21.5. The van der Waals surface area contributed by atoms with Gasteiger partial charge in [0, 0.05) is 30.3 Å². The Morgan fingerprint density at radius 2 is 1.87 bits per heavy atom. The molecule has 2 aromatic heterocycles. The number of thiazole rings is 1. The van der Waals surface area contributed by atoms with Gasteiger partial charge >= 0.3 is 11.4 Å². The van der Waals surface area contributed by atoms with E-state index < -0.39 is 64.9 Å². The van der Waals surface area contributed by atoms with Crippen molar-refractivity contribution in [2.24, 2.45) is 5.84 Å². The van der Waals surface area contributed by atoms with Crippen molar-refractivity contribution in [1.82, 2.24) is 24.1 Å². The highest BCUT2D eigenvalue weighted by atomic mass is 35.5. The number of hydrogen-bond acceptors (Lipinski definition) is 8. The van der Waals surface area contributed by atoms with Crippen LogP contribution in [0.2, 0.25) is 0 Å². The van der Waals surface area contributed by atoms with Gasteiger partial charge in [0.15, 0.2) is 16.6 Å². The number of nitrogens with two attached hydrogens (primary N) is 1. The molecule has 0 saturated heterocycles. The van der Waals surface area contributed by atoms with Gasteiger partial charge in [-0.25, -0.2) is 46.9 Å². The topological polar surface area (TPSA) is 111 Å². The number of benzene rings is 1. The maximum Gasteiger partial charge on any atom is 0.355 e. The van der Waals surface area contributed by atoms with Crippen molar-refractivity contribution in [1.29, 1.82) is 0 Å². The van der Waals surface area contributed by atoms with Crippen LogP contribution in [-0.2, 0) is 13.1 Å². The van der Waals surface area contributed by atoms with Crippen molar-refractivity contribution in [3.05, 3.63) is 107 Å². The van der Waals surface area contributed by atoms with Gasteiger partial charge in [-0.1, -0.05) is 17.7 Å². The smallest absolute Gasteiger partial charge is 0.324 e. The molecule has 1 aliphatic carbocycles. The average molecular weight is 588 g/mol. The molecule has 0 aliphatic heterocycles. The van der Waals surface area contributed by atoms with Crippen molar-refractivity contribution < 1.29 is 22.0 Å². The molecular weight excluding hydrogens is 569 g/mol. The summed E-state index contributed by atoms with van der Waals surface area (Å²) in [6, 6.07) is 0.882. The Morgan fingerprint density at radius 1 is 1.15 bits per heavy atom. The third kappa shape index (κ3) is 6.43. The monoisotopic (exact) mass is 587 g/mol. The van der Waals surface area contributed by atoms with E-state index in [-0.39, 0.29) is 16.4 Å². The first-order chi connectivity index (χ1) is 18.4. The minimum atomic E-state index is -2.85. The molecule has 9 nitrogen and oxygen atoms in total. The van der Waals surface area contributed by atoms with E-state index in [2.05, 4.69) is 15.3 Å². The standard InChI is InChI=1S/C23H19ClF5N7O2S/c1-34(30)7-11-2-3-14(24)18(4-11)32-21-33-22(37)36(9-13-10-39-20(31-13)19(28)29)23(38)35(21)8-12-5-16(26)17(27)6-15(12)25/h3-7,10,19H,2,8-9,30H2,1H3,(H,32,33,37)/b11-7+. The maximum absolute atomic E-state index is 14.5. The van der Waals surface area contributed by atoms with E-state index in [9.17, 15) is 31.5 Å². The number of anilines is 1. The fourth-order valence-electron chi connectivity index (χ4n) is 3.61. The van der Waals surface area contributed by atoms with Crippen molar-refractivity contribution in [2.45, 2.75) is 25.9 Å². The van der Waals surface area contributed by atoms with Crippen LogP contribution < -0.4 is 22.5 Å². The lowest BCUT2D eigenvalue weighted by Gasteiger charge is -2.19. The largest absolute Gasteiger partial charge is 0.355 e. The normalized spacial score (nSPS) is 14.5. The summed E-state index contributed by atoms with van der Waals surface area (Å²) in [5.74, 6) is 1.31. The summed E-state index contributed by atoms with van der Waals surface area (Å²) in [5, 5.41) is 5.00. The maximum atomic E-state index is 14.5. The molecule has 0 spiro atoms. The number of aromatic nitrogens is 4. The number of rotatable bonds is 8. The lowest BCUT2D eigenvalue weighted by atomic mass is 10.1. The molecule has 0 saturated carbocycles. The molecule has 0 unspecified atom stereocenters. The number of halogens is 6. The Kier molecular flexibility index (Phi) is 8.32. The minimum absolute atomic E-state index is 0.00998. The van der Waals surface area contributed by atoms with Gasteiger partial charge in [0.25, 0.3) is 6.43 Å². The summed E-state index contributed by atoms with van der Waals surface area (Å²) >= 11 is 6.94. The lowest BCUT2D eigenvalue weighted by molar-refractivity contribution is 0.150. The summed E-state index contributed by atoms with van der Waals surface area (Å²) in [6.07, 6.45) is 2.37. The average Bonchev–Trinajstić information content (AvgIpc) is 3.33. The van der Waals surface area contributed by atoms with Gasteiger partial charge in [0.05, 0.1) is 29.5 Å². The van der Waals surface area contributed by atoms with E-state index in [1.165, 1.54) is 10.4 Å². The Morgan fingerprint density at radius 3 is 2.54 bits per heavy atom. The highest BCUT2D eigenvalue weighted by Crippen LogP contribution is 2.27. The van der Waals surface area contributed by atoms with Crippen molar-refractivity contribution in [3.63, 3.8) is 0 Å². The van der Waals surface area contributed by atoms with E-state index in [0.717, 1.165) is 4.57 Å². The van der Waals surface area contributed by atoms with Crippen molar-refractivity contribution in [2.75, 3.05) is 12.4 Å². The highest BCUT2D eigenvalue weighted by Gasteiger charge is 2.21. The molecule has 3 aromatic rings. The molecule has 0 amide bonds. The first-order valence-electron chi connectivity index (χ1n) is 11.0. The number of allylic oxidation sites excluding steroid dienone is 4. The predicted octanol–water partition coefficient (Wildman–Crippen LogP) is 3.82. The molecule has 1 aliphatic rings. The number of alkyl halides is 2. The summed E-state index contributed by atoms with van der Waals surface area (Å²) in [6.45, 7) is -1.20. The first-order valence-corrected chi connectivity index (χ1v) is 12.3. The molecule has 206 valence electrons. The minimum Gasteiger partial charge on any atom is -0.324 e. The van der Waals surface area contributed by atoms with Gasteiger partial charge in [-0.05, 0) is 24.1 Å². The zero-order valence-electron chi connectivity index (χ0n) is 20.0. The number of nitrogens with one attached hydrogen (secondary N) is 1. The number of hydrazine groups is 1. The van der Waals surface area contributed by atoms with Gasteiger partial charge in [-0.3, -0.25) is 4.57 Å². The van der Waals surface area contributed by atoms with Crippen molar-refractivity contribution in [3.8, 4) is 0 Å². The Labute approximate surface area is 225 Å². The fraction of sp³-hybridized carbons (Fsp3) is 0.217. The predicted molar refractivity (Wildman–Crippen MR) is 135 cm³/mol. The van der Waals surface area contributed by atoms with Gasteiger partial charge in [-0.15, -0.1) is 11.3 Å². The van der Waals surface area contributed by atoms with Crippen molar-refractivity contribution >= 4 is 28.9 Å². The molecule has 0 atom stereocenters. The summed E-state index contributed by atoms with van der Waals surface area (Å²) in [4.78, 5) is 33.9. The molecule has 16 heteroatoms. The van der Waals surface area contributed by atoms with Crippen LogP contribution in [0.1, 0.15) is 29.1 Å². The second kappa shape index (κ2) is 11.5. The number of nitrogens with zero attached hydrogens (tertiary/aromatic N) is 5. The zero-order chi connectivity index (χ0) is 28.4. The van der Waals surface area contributed by atoms with Gasteiger partial charge in [0.1, 0.15) is 5.82 Å². The first kappa shape index (κ1) is 28.2. The molecule has 39 heavy (non-hydrogen) atoms. The fourth-order valence-corrected chi connectivity index (χ4v) is 4.45. The molecule has 0 bridgehead atoms. The van der Waals surface area contributed by atoms with Crippen LogP contribution in [0.15, 0.2) is 61.8 Å². The molecule has 3 N–H and O–H groups in total. The Balaban J connectivity index is 1.82. The summed E-state index contributed by atoms with van der Waals surface area (Å²) < 4.78 is 69.2. The van der Waals surface area contributed by atoms with E-state index >= 15 is 0 Å². The third-order valence-electron chi connectivity index (χ3n) is 5.36. The van der Waals surface area contributed by atoms with Gasteiger partial charge in [-0.2, -0.15) is 4.98 Å². The molecule has 1 aromatic carbocycles. The van der Waals surface area contributed by atoms with Crippen LogP contribution >= 0.6 is 22.9 Å². The third-order valence-corrected chi connectivity index (χ3v) is 6.62.